The Hall–Kier alpha value is -1.77. The van der Waals surface area contributed by atoms with Gasteiger partial charge in [0.05, 0.1) is 5.52 Å². The minimum absolute atomic E-state index is 0.805. The van der Waals surface area contributed by atoms with Crippen molar-refractivity contribution in [2.45, 2.75) is 26.2 Å². The molecule has 0 aliphatic rings. The second-order valence-electron chi connectivity index (χ2n) is 5.03. The molecule has 0 saturated heterocycles. The van der Waals surface area contributed by atoms with E-state index in [1.165, 1.54) is 0 Å². The Morgan fingerprint density at radius 3 is 2.53 bits per heavy atom. The van der Waals surface area contributed by atoms with E-state index in [1.807, 2.05) is 42.8 Å². The van der Waals surface area contributed by atoms with E-state index in [9.17, 15) is 9.90 Å². The lowest BCUT2D eigenvalue weighted by molar-refractivity contribution is -0.142. The van der Waals surface area contributed by atoms with Crippen molar-refractivity contribution >= 4 is 16.9 Å². The zero-order valence-electron chi connectivity index (χ0n) is 10.6. The number of carboxylic acid groups (broad SMARTS) is 1. The van der Waals surface area contributed by atoms with Gasteiger partial charge in [-0.15, -0.1) is 0 Å². The molecule has 0 aliphatic heterocycles. The van der Waals surface area contributed by atoms with Gasteiger partial charge in [0.2, 0.25) is 0 Å². The number of aliphatic carboxylic acids is 1. The molecule has 0 atom stereocenters. The fraction of sp³-hybridized carbons (Fsp3) is 0.357. The number of carbonyl (C=O) groups is 1. The molecule has 90 valence electrons. The van der Waals surface area contributed by atoms with Crippen LogP contribution in [0.5, 0.6) is 0 Å². The minimum Gasteiger partial charge on any atom is -0.481 e. The van der Waals surface area contributed by atoms with Crippen molar-refractivity contribution < 1.29 is 9.90 Å². The lowest BCUT2D eigenvalue weighted by Gasteiger charge is -2.20. The van der Waals surface area contributed by atoms with Gasteiger partial charge in [-0.25, -0.2) is 0 Å². The highest BCUT2D eigenvalue weighted by atomic mass is 16.4. The molecule has 0 radical (unpaired) electrons. The van der Waals surface area contributed by atoms with Gasteiger partial charge in [0.1, 0.15) is 5.41 Å². The quantitative estimate of drug-likeness (QED) is 0.863. The van der Waals surface area contributed by atoms with E-state index in [1.54, 1.807) is 13.8 Å². The topological polar surface area (TPSA) is 42.2 Å². The van der Waals surface area contributed by atoms with Crippen LogP contribution in [-0.2, 0) is 17.3 Å². The molecule has 1 aromatic carbocycles. The molecule has 0 amide bonds. The van der Waals surface area contributed by atoms with Crippen LogP contribution in [0.25, 0.3) is 10.9 Å². The number of aromatic nitrogens is 1. The first-order valence-corrected chi connectivity index (χ1v) is 5.64. The fourth-order valence-electron chi connectivity index (χ4n) is 2.33. The zero-order chi connectivity index (χ0) is 12.8. The Kier molecular flexibility index (Phi) is 2.49. The molecule has 1 N–H and O–H groups in total. The van der Waals surface area contributed by atoms with Crippen LogP contribution in [0.4, 0.5) is 0 Å². The summed E-state index contributed by atoms with van der Waals surface area (Å²) in [5, 5.41) is 10.4. The number of fused-ring (bicyclic) bond motifs is 1. The van der Waals surface area contributed by atoms with E-state index in [0.717, 1.165) is 22.2 Å². The van der Waals surface area contributed by atoms with Crippen LogP contribution in [0.2, 0.25) is 0 Å². The van der Waals surface area contributed by atoms with E-state index in [0.29, 0.717) is 0 Å². The van der Waals surface area contributed by atoms with Crippen LogP contribution in [0.1, 0.15) is 25.1 Å². The summed E-state index contributed by atoms with van der Waals surface area (Å²) >= 11 is 0. The van der Waals surface area contributed by atoms with Gasteiger partial charge in [0, 0.05) is 18.1 Å². The van der Waals surface area contributed by atoms with Gasteiger partial charge in [-0.3, -0.25) is 4.79 Å². The lowest BCUT2D eigenvalue weighted by Crippen LogP contribution is -2.30. The highest BCUT2D eigenvalue weighted by Crippen LogP contribution is 2.30. The number of hydrogen-bond donors (Lipinski definition) is 1. The molecule has 0 aliphatic carbocycles. The van der Waals surface area contributed by atoms with Crippen LogP contribution in [0.3, 0.4) is 0 Å². The number of nitrogens with zero attached hydrogens (tertiary/aromatic N) is 1. The number of carboxylic acids is 1. The maximum Gasteiger partial charge on any atom is 0.315 e. The summed E-state index contributed by atoms with van der Waals surface area (Å²) in [6.45, 7) is 5.51. The van der Waals surface area contributed by atoms with Crippen LogP contribution < -0.4 is 0 Å². The molecule has 3 nitrogen and oxygen atoms in total. The molecule has 3 heteroatoms. The van der Waals surface area contributed by atoms with E-state index < -0.39 is 11.4 Å². The summed E-state index contributed by atoms with van der Waals surface area (Å²) in [6.07, 6.45) is 0. The summed E-state index contributed by atoms with van der Waals surface area (Å²) in [5.41, 5.74) is 2.23. The lowest BCUT2D eigenvalue weighted by atomic mass is 9.89. The smallest absolute Gasteiger partial charge is 0.315 e. The van der Waals surface area contributed by atoms with E-state index >= 15 is 0 Å². The van der Waals surface area contributed by atoms with Crippen molar-refractivity contribution in [1.29, 1.82) is 0 Å². The summed E-state index contributed by atoms with van der Waals surface area (Å²) in [4.78, 5) is 11.3. The average molecular weight is 231 g/mol. The SMILES string of the molecule is Cc1cccc2cc(C(C)(C)C(=O)O)n(C)c12. The summed E-state index contributed by atoms with van der Waals surface area (Å²) in [7, 11) is 1.93. The molecule has 1 aromatic heterocycles. The van der Waals surface area contributed by atoms with E-state index in [4.69, 9.17) is 0 Å². The van der Waals surface area contributed by atoms with Crippen LogP contribution in [0, 0.1) is 6.92 Å². The third-order valence-corrected chi connectivity index (χ3v) is 3.43. The van der Waals surface area contributed by atoms with Gasteiger partial charge in [0.25, 0.3) is 0 Å². The van der Waals surface area contributed by atoms with Gasteiger partial charge < -0.3 is 9.67 Å². The molecular weight excluding hydrogens is 214 g/mol. The van der Waals surface area contributed by atoms with Crippen molar-refractivity contribution in [1.82, 2.24) is 4.57 Å². The normalized spacial score (nSPS) is 12.0. The van der Waals surface area contributed by atoms with Gasteiger partial charge in [-0.2, -0.15) is 0 Å². The number of aryl methyl sites for hydroxylation is 2. The fourth-order valence-corrected chi connectivity index (χ4v) is 2.33. The van der Waals surface area contributed by atoms with Crippen LogP contribution in [-0.4, -0.2) is 15.6 Å². The number of hydrogen-bond acceptors (Lipinski definition) is 1. The van der Waals surface area contributed by atoms with Crippen molar-refractivity contribution in [2.75, 3.05) is 0 Å². The molecule has 2 rings (SSSR count). The number of rotatable bonds is 2. The first-order chi connectivity index (χ1) is 7.85. The number of para-hydroxylation sites is 1. The molecule has 0 fully saturated rings. The maximum absolute atomic E-state index is 11.3. The highest BCUT2D eigenvalue weighted by Gasteiger charge is 2.32. The Morgan fingerprint density at radius 1 is 1.35 bits per heavy atom. The minimum atomic E-state index is -0.875. The molecule has 2 aromatic rings. The molecule has 0 unspecified atom stereocenters. The van der Waals surface area contributed by atoms with Gasteiger partial charge in [0.15, 0.2) is 0 Å². The average Bonchev–Trinajstić information content (AvgIpc) is 2.57. The standard InChI is InChI=1S/C14H17NO2/c1-9-6-5-7-10-8-11(15(4)12(9)10)14(2,3)13(16)17/h5-8H,1-4H3,(H,16,17). The molecule has 0 saturated carbocycles. The third-order valence-electron chi connectivity index (χ3n) is 3.43. The third kappa shape index (κ3) is 1.62. The van der Waals surface area contributed by atoms with Gasteiger partial charge >= 0.3 is 5.97 Å². The monoisotopic (exact) mass is 231 g/mol. The summed E-state index contributed by atoms with van der Waals surface area (Å²) < 4.78 is 1.98. The predicted octanol–water partition coefficient (Wildman–Crippen LogP) is 2.85. The van der Waals surface area contributed by atoms with Crippen molar-refractivity contribution in [3.63, 3.8) is 0 Å². The highest BCUT2D eigenvalue weighted by molar-refractivity contribution is 5.88. The number of benzene rings is 1. The Bertz CT molecular complexity index is 594. The Morgan fingerprint density at radius 2 is 2.00 bits per heavy atom. The first-order valence-electron chi connectivity index (χ1n) is 5.64. The zero-order valence-corrected chi connectivity index (χ0v) is 10.6. The second kappa shape index (κ2) is 3.62. The Labute approximate surface area is 101 Å². The second-order valence-corrected chi connectivity index (χ2v) is 5.03. The van der Waals surface area contributed by atoms with Crippen LogP contribution in [0.15, 0.2) is 24.3 Å². The molecular formula is C14H17NO2. The van der Waals surface area contributed by atoms with E-state index in [2.05, 4.69) is 0 Å². The molecule has 0 spiro atoms. The maximum atomic E-state index is 11.3. The van der Waals surface area contributed by atoms with Crippen molar-refractivity contribution in [3.05, 3.63) is 35.5 Å². The molecule has 1 heterocycles. The van der Waals surface area contributed by atoms with Gasteiger partial charge in [-0.1, -0.05) is 18.2 Å². The summed E-state index contributed by atoms with van der Waals surface area (Å²) in [6, 6.07) is 8.02. The first kappa shape index (κ1) is 11.7. The predicted molar refractivity (Wildman–Crippen MR) is 68.3 cm³/mol. The van der Waals surface area contributed by atoms with Gasteiger partial charge in [-0.05, 0) is 32.4 Å². The largest absolute Gasteiger partial charge is 0.481 e. The molecule has 17 heavy (non-hydrogen) atoms. The Balaban J connectivity index is 2.77. The van der Waals surface area contributed by atoms with Crippen molar-refractivity contribution in [3.8, 4) is 0 Å². The summed E-state index contributed by atoms with van der Waals surface area (Å²) in [5.74, 6) is -0.805. The van der Waals surface area contributed by atoms with Crippen molar-refractivity contribution in [2.24, 2.45) is 7.05 Å². The van der Waals surface area contributed by atoms with E-state index in [-0.39, 0.29) is 0 Å². The van der Waals surface area contributed by atoms with Crippen LogP contribution >= 0.6 is 0 Å². The molecule has 0 bridgehead atoms.